The van der Waals surface area contributed by atoms with Gasteiger partial charge in [-0.25, -0.2) is 0 Å². The molecule has 0 fully saturated rings. The molecule has 1 unspecified atom stereocenters. The third kappa shape index (κ3) is 4.91. The fourth-order valence-corrected chi connectivity index (χ4v) is 1.93. The van der Waals surface area contributed by atoms with Gasteiger partial charge < -0.3 is 4.90 Å². The van der Waals surface area contributed by atoms with E-state index in [4.69, 9.17) is 0 Å². The number of allylic oxidation sites excluding steroid dienone is 3. The molecule has 1 heterocycles. The lowest BCUT2D eigenvalue weighted by Gasteiger charge is -2.26. The van der Waals surface area contributed by atoms with Gasteiger partial charge in [-0.2, -0.15) is 0 Å². The van der Waals surface area contributed by atoms with Gasteiger partial charge in [0.25, 0.3) is 0 Å². The molecule has 0 aromatic heterocycles. The minimum Gasteiger partial charge on any atom is -0.309 e. The maximum atomic E-state index is 12.1. The van der Waals surface area contributed by atoms with E-state index in [2.05, 4.69) is 32.1 Å². The van der Waals surface area contributed by atoms with Crippen LogP contribution in [0.25, 0.3) is 0 Å². The average molecular weight is 247 g/mol. The molecule has 1 amide bonds. The summed E-state index contributed by atoms with van der Waals surface area (Å²) in [7, 11) is 0. The Morgan fingerprint density at radius 1 is 1.22 bits per heavy atom. The molecule has 0 aromatic carbocycles. The van der Waals surface area contributed by atoms with E-state index in [1.54, 1.807) is 0 Å². The highest BCUT2D eigenvalue weighted by Gasteiger charge is 2.17. The molecule has 1 rings (SSSR count). The third-order valence-corrected chi connectivity index (χ3v) is 3.08. The molecule has 0 radical (unpaired) electrons. The molecule has 1 aliphatic rings. The van der Waals surface area contributed by atoms with Crippen LogP contribution in [0.15, 0.2) is 36.6 Å². The Morgan fingerprint density at radius 3 is 2.72 bits per heavy atom. The summed E-state index contributed by atoms with van der Waals surface area (Å²) in [5.74, 6) is 0.225. The van der Waals surface area contributed by atoms with Crippen LogP contribution >= 0.6 is 0 Å². The van der Waals surface area contributed by atoms with Gasteiger partial charge in [0, 0.05) is 12.6 Å². The molecule has 0 saturated carbocycles. The summed E-state index contributed by atoms with van der Waals surface area (Å²) >= 11 is 0. The fraction of sp³-hybridized carbons (Fsp3) is 0.562. The van der Waals surface area contributed by atoms with Crippen molar-refractivity contribution in [1.29, 1.82) is 0 Å². The third-order valence-electron chi connectivity index (χ3n) is 3.08. The van der Waals surface area contributed by atoms with Crippen molar-refractivity contribution in [3.8, 4) is 0 Å². The molecular formula is C16H25NO. The van der Waals surface area contributed by atoms with Crippen molar-refractivity contribution >= 4 is 5.91 Å². The van der Waals surface area contributed by atoms with Gasteiger partial charge in [-0.3, -0.25) is 4.79 Å². The summed E-state index contributed by atoms with van der Waals surface area (Å²) in [5.41, 5.74) is 0. The molecule has 2 heteroatoms. The molecule has 0 aromatic rings. The quantitative estimate of drug-likeness (QED) is 0.487. The van der Waals surface area contributed by atoms with E-state index >= 15 is 0 Å². The molecule has 0 saturated heterocycles. The summed E-state index contributed by atoms with van der Waals surface area (Å²) in [6.45, 7) is 4.30. The van der Waals surface area contributed by atoms with E-state index in [9.17, 15) is 4.79 Å². The zero-order valence-electron chi connectivity index (χ0n) is 11.6. The first-order valence-corrected chi connectivity index (χ1v) is 7.12. The lowest BCUT2D eigenvalue weighted by atomic mass is 10.1. The monoisotopic (exact) mass is 247 g/mol. The van der Waals surface area contributed by atoms with Crippen molar-refractivity contribution in [2.24, 2.45) is 0 Å². The van der Waals surface area contributed by atoms with Crippen LogP contribution in [0.4, 0.5) is 0 Å². The number of carbonyl (C=O) groups is 1. The van der Waals surface area contributed by atoms with E-state index in [0.29, 0.717) is 6.42 Å². The minimum absolute atomic E-state index is 0.108. The predicted molar refractivity (Wildman–Crippen MR) is 77.1 cm³/mol. The predicted octanol–water partition coefficient (Wildman–Crippen LogP) is 4.20. The maximum Gasteiger partial charge on any atom is 0.227 e. The van der Waals surface area contributed by atoms with Crippen molar-refractivity contribution in [2.45, 2.75) is 58.4 Å². The van der Waals surface area contributed by atoms with Crippen LogP contribution in [0.5, 0.6) is 0 Å². The lowest BCUT2D eigenvalue weighted by Crippen LogP contribution is -2.34. The van der Waals surface area contributed by atoms with Gasteiger partial charge >= 0.3 is 0 Å². The van der Waals surface area contributed by atoms with E-state index in [0.717, 1.165) is 19.3 Å². The number of hydrogen-bond acceptors (Lipinski definition) is 1. The van der Waals surface area contributed by atoms with Crippen LogP contribution in [0.3, 0.4) is 0 Å². The molecule has 100 valence electrons. The highest BCUT2D eigenvalue weighted by atomic mass is 16.2. The van der Waals surface area contributed by atoms with Gasteiger partial charge in [0.1, 0.15) is 0 Å². The second kappa shape index (κ2) is 8.73. The molecule has 0 aliphatic carbocycles. The zero-order chi connectivity index (χ0) is 13.2. The second-order valence-electron chi connectivity index (χ2n) is 4.69. The van der Waals surface area contributed by atoms with Gasteiger partial charge in [0.05, 0.1) is 6.04 Å². The first kappa shape index (κ1) is 14.7. The topological polar surface area (TPSA) is 20.3 Å². The van der Waals surface area contributed by atoms with Crippen LogP contribution in [-0.2, 0) is 4.79 Å². The normalized spacial score (nSPS) is 18.8. The number of amides is 1. The fourth-order valence-electron chi connectivity index (χ4n) is 1.93. The highest BCUT2D eigenvalue weighted by molar-refractivity contribution is 5.78. The van der Waals surface area contributed by atoms with Crippen molar-refractivity contribution in [2.75, 3.05) is 0 Å². The number of hydrogen-bond donors (Lipinski definition) is 0. The van der Waals surface area contributed by atoms with Crippen LogP contribution < -0.4 is 0 Å². The SMILES string of the molecule is CCCC/C=C/C1C=CC=CN1C(=O)CCCC. The van der Waals surface area contributed by atoms with E-state index < -0.39 is 0 Å². The van der Waals surface area contributed by atoms with Gasteiger partial charge in [0.2, 0.25) is 5.91 Å². The van der Waals surface area contributed by atoms with Crippen molar-refractivity contribution < 1.29 is 4.79 Å². The summed E-state index contributed by atoms with van der Waals surface area (Å²) < 4.78 is 0. The number of unbranched alkanes of at least 4 members (excludes halogenated alkanes) is 3. The van der Waals surface area contributed by atoms with Crippen LogP contribution in [0, 0.1) is 0 Å². The summed E-state index contributed by atoms with van der Waals surface area (Å²) in [6, 6.07) is 0.108. The largest absolute Gasteiger partial charge is 0.309 e. The van der Waals surface area contributed by atoms with Crippen molar-refractivity contribution in [3.63, 3.8) is 0 Å². The van der Waals surface area contributed by atoms with Gasteiger partial charge in [-0.15, -0.1) is 0 Å². The van der Waals surface area contributed by atoms with Crippen molar-refractivity contribution in [1.82, 2.24) is 4.90 Å². The first-order chi connectivity index (χ1) is 8.79. The molecular weight excluding hydrogens is 222 g/mol. The molecule has 1 aliphatic heterocycles. The van der Waals surface area contributed by atoms with Crippen LogP contribution in [0.2, 0.25) is 0 Å². The minimum atomic E-state index is 0.108. The molecule has 18 heavy (non-hydrogen) atoms. The van der Waals surface area contributed by atoms with Crippen molar-refractivity contribution in [3.05, 3.63) is 36.6 Å². The second-order valence-corrected chi connectivity index (χ2v) is 4.69. The zero-order valence-corrected chi connectivity index (χ0v) is 11.6. The summed E-state index contributed by atoms with van der Waals surface area (Å²) in [4.78, 5) is 13.9. The number of rotatable bonds is 7. The molecule has 2 nitrogen and oxygen atoms in total. The smallest absolute Gasteiger partial charge is 0.227 e. The average Bonchev–Trinajstić information content (AvgIpc) is 2.41. The van der Waals surface area contributed by atoms with Gasteiger partial charge in [0.15, 0.2) is 0 Å². The molecule has 0 spiro atoms. The highest BCUT2D eigenvalue weighted by Crippen LogP contribution is 2.13. The molecule has 0 N–H and O–H groups in total. The summed E-state index contributed by atoms with van der Waals surface area (Å²) in [5, 5.41) is 0. The van der Waals surface area contributed by atoms with Crippen LogP contribution in [-0.4, -0.2) is 16.8 Å². The van der Waals surface area contributed by atoms with Gasteiger partial charge in [-0.1, -0.05) is 57.4 Å². The summed E-state index contributed by atoms with van der Waals surface area (Å²) in [6.07, 6.45) is 18.5. The standard InChI is InChI=1S/C16H25NO/c1-3-5-7-8-11-15-12-9-10-14-17(15)16(18)13-6-4-2/h8-12,14-15H,3-7,13H2,1-2H3/b11-8+. The molecule has 0 bridgehead atoms. The Labute approximate surface area is 111 Å². The lowest BCUT2D eigenvalue weighted by molar-refractivity contribution is -0.129. The van der Waals surface area contributed by atoms with E-state index in [1.165, 1.54) is 12.8 Å². The van der Waals surface area contributed by atoms with Crippen LogP contribution in [0.1, 0.15) is 52.4 Å². The Morgan fingerprint density at radius 2 is 2.00 bits per heavy atom. The number of carbonyl (C=O) groups excluding carboxylic acids is 1. The molecule has 1 atom stereocenters. The van der Waals surface area contributed by atoms with E-state index in [1.807, 2.05) is 23.3 Å². The Balaban J connectivity index is 2.52. The van der Waals surface area contributed by atoms with E-state index in [-0.39, 0.29) is 11.9 Å². The first-order valence-electron chi connectivity index (χ1n) is 7.12. The Bertz CT molecular complexity index is 328. The Kier molecular flexibility index (Phi) is 7.16. The number of nitrogens with zero attached hydrogens (tertiary/aromatic N) is 1. The Hall–Kier alpha value is -1.31. The van der Waals surface area contributed by atoms with Gasteiger partial charge in [-0.05, 0) is 18.9 Å². The maximum absolute atomic E-state index is 12.1.